The molecule has 16 heavy (non-hydrogen) atoms. The van der Waals surface area contributed by atoms with Gasteiger partial charge in [0.25, 0.3) is 0 Å². The molecule has 0 aliphatic heterocycles. The summed E-state index contributed by atoms with van der Waals surface area (Å²) in [7, 11) is 0. The van der Waals surface area contributed by atoms with E-state index in [-0.39, 0.29) is 0 Å². The van der Waals surface area contributed by atoms with Crippen LogP contribution in [0.3, 0.4) is 0 Å². The molecule has 1 saturated carbocycles. The minimum atomic E-state index is 0.426. The van der Waals surface area contributed by atoms with Gasteiger partial charge in [-0.3, -0.25) is 0 Å². The number of nitrogens with two attached hydrogens (primary N) is 1. The molecule has 1 aromatic carbocycles. The second-order valence-corrected chi connectivity index (χ2v) is 5.68. The third-order valence-electron chi connectivity index (χ3n) is 2.31. The molecule has 0 unspecified atom stereocenters. The Morgan fingerprint density at radius 3 is 2.44 bits per heavy atom. The highest BCUT2D eigenvalue weighted by Crippen LogP contribution is 2.32. The number of benzene rings is 1. The highest BCUT2D eigenvalue weighted by molar-refractivity contribution is 9.11. The lowest BCUT2D eigenvalue weighted by molar-refractivity contribution is 1.06. The number of hydrogen-bond acceptors (Lipinski definition) is 1. The van der Waals surface area contributed by atoms with Crippen molar-refractivity contribution in [2.45, 2.75) is 25.8 Å². The summed E-state index contributed by atoms with van der Waals surface area (Å²) < 4.78 is 1.96. The van der Waals surface area contributed by atoms with Gasteiger partial charge in [0.2, 0.25) is 0 Å². The van der Waals surface area contributed by atoms with Crippen LogP contribution in [0.1, 0.15) is 18.4 Å². The third kappa shape index (κ3) is 2.98. The van der Waals surface area contributed by atoms with E-state index in [1.807, 2.05) is 19.1 Å². The Balaban J connectivity index is 2.20. The number of nitrogens with one attached hydrogen (secondary N) is 1. The molecule has 0 atom stereocenters. The number of rotatable bonds is 2. The van der Waals surface area contributed by atoms with Crippen LogP contribution in [0.15, 0.2) is 26.1 Å². The van der Waals surface area contributed by atoms with Crippen molar-refractivity contribution in [3.05, 3.63) is 26.6 Å². The molecule has 0 aromatic heterocycles. The van der Waals surface area contributed by atoms with Crippen LogP contribution in [0.4, 0.5) is 5.69 Å². The van der Waals surface area contributed by atoms with Gasteiger partial charge < -0.3 is 11.1 Å². The van der Waals surface area contributed by atoms with Gasteiger partial charge in [0.15, 0.2) is 5.96 Å². The van der Waals surface area contributed by atoms with Crippen LogP contribution < -0.4 is 11.1 Å². The van der Waals surface area contributed by atoms with E-state index in [0.29, 0.717) is 12.0 Å². The number of hydrogen-bond donors (Lipinski definition) is 2. The van der Waals surface area contributed by atoms with Gasteiger partial charge in [0.05, 0.1) is 11.7 Å². The summed E-state index contributed by atoms with van der Waals surface area (Å²) in [5.41, 5.74) is 7.93. The summed E-state index contributed by atoms with van der Waals surface area (Å²) in [5.74, 6) is 0.479. The molecule has 1 aliphatic rings. The number of guanidine groups is 1. The van der Waals surface area contributed by atoms with Crippen molar-refractivity contribution in [2.75, 3.05) is 5.32 Å². The van der Waals surface area contributed by atoms with Crippen molar-refractivity contribution in [1.29, 1.82) is 0 Å². The molecular weight excluding hydrogens is 334 g/mol. The molecule has 1 aliphatic carbocycles. The normalized spacial score (nSPS) is 16.3. The van der Waals surface area contributed by atoms with Crippen LogP contribution in [-0.4, -0.2) is 12.0 Å². The van der Waals surface area contributed by atoms with Crippen LogP contribution in [0, 0.1) is 6.92 Å². The summed E-state index contributed by atoms with van der Waals surface area (Å²) in [6, 6.07) is 4.50. The van der Waals surface area contributed by atoms with E-state index in [4.69, 9.17) is 5.73 Å². The monoisotopic (exact) mass is 345 g/mol. The topological polar surface area (TPSA) is 50.4 Å². The predicted octanol–water partition coefficient (Wildman–Crippen LogP) is 3.41. The maximum atomic E-state index is 5.82. The smallest absolute Gasteiger partial charge is 0.193 e. The standard InChI is InChI=1S/C11H13Br2N3/c1-6-4-8(12)10(9(13)5-6)16-11(14)15-7-2-3-7/h4-5,7H,2-3H2,1H3,(H3,14,15,16). The van der Waals surface area contributed by atoms with Crippen molar-refractivity contribution in [3.63, 3.8) is 0 Å². The molecule has 0 saturated heterocycles. The number of nitrogens with zero attached hydrogens (tertiary/aromatic N) is 1. The van der Waals surface area contributed by atoms with E-state index in [0.717, 1.165) is 27.5 Å². The van der Waals surface area contributed by atoms with E-state index < -0.39 is 0 Å². The average molecular weight is 347 g/mol. The third-order valence-corrected chi connectivity index (χ3v) is 3.56. The molecule has 3 N–H and O–H groups in total. The SMILES string of the molecule is Cc1cc(Br)c(NC(N)=NC2CC2)c(Br)c1. The highest BCUT2D eigenvalue weighted by Gasteiger charge is 2.20. The fourth-order valence-corrected chi connectivity index (χ4v) is 2.99. The first kappa shape index (κ1) is 11.9. The van der Waals surface area contributed by atoms with Gasteiger partial charge in [0, 0.05) is 8.95 Å². The quantitative estimate of drug-likeness (QED) is 0.636. The van der Waals surface area contributed by atoms with E-state index >= 15 is 0 Å². The first-order chi connectivity index (χ1) is 7.56. The van der Waals surface area contributed by atoms with E-state index in [2.05, 4.69) is 42.2 Å². The fourth-order valence-electron chi connectivity index (χ4n) is 1.38. The molecule has 0 radical (unpaired) electrons. The van der Waals surface area contributed by atoms with Crippen LogP contribution in [0.25, 0.3) is 0 Å². The van der Waals surface area contributed by atoms with Gasteiger partial charge in [-0.05, 0) is 69.3 Å². The van der Waals surface area contributed by atoms with Crippen molar-refractivity contribution >= 4 is 43.5 Å². The van der Waals surface area contributed by atoms with Crippen LogP contribution in [0.5, 0.6) is 0 Å². The number of aliphatic imine (C=N–C) groups is 1. The fraction of sp³-hybridized carbons (Fsp3) is 0.364. The minimum Gasteiger partial charge on any atom is -0.370 e. The minimum absolute atomic E-state index is 0.426. The zero-order valence-electron chi connectivity index (χ0n) is 8.93. The van der Waals surface area contributed by atoms with Crippen LogP contribution in [-0.2, 0) is 0 Å². The Bertz CT molecular complexity index is 416. The Kier molecular flexibility index (Phi) is 3.54. The van der Waals surface area contributed by atoms with Crippen molar-refractivity contribution in [3.8, 4) is 0 Å². The van der Waals surface area contributed by atoms with Crippen molar-refractivity contribution < 1.29 is 0 Å². The maximum absolute atomic E-state index is 5.82. The number of aryl methyl sites for hydroxylation is 1. The molecule has 2 rings (SSSR count). The van der Waals surface area contributed by atoms with Gasteiger partial charge in [0.1, 0.15) is 0 Å². The van der Waals surface area contributed by atoms with Crippen LogP contribution in [0.2, 0.25) is 0 Å². The summed E-state index contributed by atoms with van der Waals surface area (Å²) in [5, 5.41) is 3.11. The van der Waals surface area contributed by atoms with Gasteiger partial charge in [-0.2, -0.15) is 0 Å². The zero-order chi connectivity index (χ0) is 11.7. The van der Waals surface area contributed by atoms with Gasteiger partial charge in [-0.15, -0.1) is 0 Å². The van der Waals surface area contributed by atoms with Crippen molar-refractivity contribution in [1.82, 2.24) is 0 Å². The lowest BCUT2D eigenvalue weighted by Crippen LogP contribution is -2.23. The number of anilines is 1. The summed E-state index contributed by atoms with van der Waals surface area (Å²) in [6.45, 7) is 2.04. The molecule has 1 aromatic rings. The Hall–Kier alpha value is -0.550. The van der Waals surface area contributed by atoms with Gasteiger partial charge >= 0.3 is 0 Å². The second-order valence-electron chi connectivity index (χ2n) is 3.97. The van der Waals surface area contributed by atoms with Gasteiger partial charge in [-0.25, -0.2) is 4.99 Å². The van der Waals surface area contributed by atoms with E-state index in [1.54, 1.807) is 0 Å². The Morgan fingerprint density at radius 2 is 1.94 bits per heavy atom. The first-order valence-corrected chi connectivity index (χ1v) is 6.71. The molecule has 3 nitrogen and oxygen atoms in total. The summed E-state index contributed by atoms with van der Waals surface area (Å²) in [4.78, 5) is 4.33. The van der Waals surface area contributed by atoms with Crippen molar-refractivity contribution in [2.24, 2.45) is 10.7 Å². The Labute approximate surface area is 112 Å². The lowest BCUT2D eigenvalue weighted by Gasteiger charge is -2.11. The van der Waals surface area contributed by atoms with E-state index in [9.17, 15) is 0 Å². The maximum Gasteiger partial charge on any atom is 0.193 e. The largest absolute Gasteiger partial charge is 0.370 e. The number of halogens is 2. The van der Waals surface area contributed by atoms with Crippen LogP contribution >= 0.6 is 31.9 Å². The average Bonchev–Trinajstić information content (AvgIpc) is 2.95. The highest BCUT2D eigenvalue weighted by atomic mass is 79.9. The van der Waals surface area contributed by atoms with Gasteiger partial charge in [-0.1, -0.05) is 0 Å². The molecule has 5 heteroatoms. The molecule has 0 spiro atoms. The molecular formula is C11H13Br2N3. The predicted molar refractivity (Wildman–Crippen MR) is 74.8 cm³/mol. The Morgan fingerprint density at radius 1 is 1.38 bits per heavy atom. The molecule has 86 valence electrons. The molecule has 0 bridgehead atoms. The summed E-state index contributed by atoms with van der Waals surface area (Å²) in [6.07, 6.45) is 2.30. The first-order valence-electron chi connectivity index (χ1n) is 5.12. The second kappa shape index (κ2) is 4.75. The molecule has 0 amide bonds. The van der Waals surface area contributed by atoms with E-state index in [1.165, 1.54) is 5.56 Å². The zero-order valence-corrected chi connectivity index (χ0v) is 12.1. The molecule has 0 heterocycles. The summed E-state index contributed by atoms with van der Waals surface area (Å²) >= 11 is 7.01. The molecule has 1 fully saturated rings. The lowest BCUT2D eigenvalue weighted by atomic mass is 10.2.